The first-order valence-corrected chi connectivity index (χ1v) is 9.35. The van der Waals surface area contributed by atoms with Crippen molar-refractivity contribution in [3.8, 4) is 0 Å². The Morgan fingerprint density at radius 2 is 2.10 bits per heavy atom. The molecule has 0 amide bonds. The number of hydrogen-bond donors (Lipinski definition) is 0. The number of benzene rings is 1. The SMILES string of the molecule is CN(CC1CCCCO1)S(=O)(=O)Cc1cccc(CCl)c1. The summed E-state index contributed by atoms with van der Waals surface area (Å²) in [5, 5.41) is 0. The molecule has 21 heavy (non-hydrogen) atoms. The van der Waals surface area contributed by atoms with E-state index >= 15 is 0 Å². The molecule has 1 aromatic rings. The molecule has 2 rings (SSSR count). The molecule has 0 radical (unpaired) electrons. The topological polar surface area (TPSA) is 46.6 Å². The van der Waals surface area contributed by atoms with Crippen LogP contribution in [0.3, 0.4) is 0 Å². The maximum atomic E-state index is 12.4. The van der Waals surface area contributed by atoms with Gasteiger partial charge in [-0.3, -0.25) is 0 Å². The maximum Gasteiger partial charge on any atom is 0.218 e. The maximum absolute atomic E-state index is 12.4. The molecule has 1 aliphatic rings. The first kappa shape index (κ1) is 16.7. The Kier molecular flexibility index (Phi) is 6.05. The molecule has 118 valence electrons. The zero-order valence-electron chi connectivity index (χ0n) is 12.3. The third-order valence-electron chi connectivity index (χ3n) is 3.70. The van der Waals surface area contributed by atoms with Crippen LogP contribution in [-0.2, 0) is 26.4 Å². The van der Waals surface area contributed by atoms with Crippen molar-refractivity contribution in [2.45, 2.75) is 37.0 Å². The van der Waals surface area contributed by atoms with Crippen molar-refractivity contribution in [1.29, 1.82) is 0 Å². The van der Waals surface area contributed by atoms with Gasteiger partial charge in [-0.2, -0.15) is 0 Å². The lowest BCUT2D eigenvalue weighted by Crippen LogP contribution is -2.37. The van der Waals surface area contributed by atoms with Gasteiger partial charge in [0.25, 0.3) is 0 Å². The van der Waals surface area contributed by atoms with Crippen LogP contribution in [0.2, 0.25) is 0 Å². The molecule has 0 bridgehead atoms. The summed E-state index contributed by atoms with van der Waals surface area (Å²) in [7, 11) is -1.70. The van der Waals surface area contributed by atoms with Gasteiger partial charge in [-0.1, -0.05) is 24.3 Å². The van der Waals surface area contributed by atoms with Gasteiger partial charge >= 0.3 is 0 Å². The van der Waals surface area contributed by atoms with Crippen molar-refractivity contribution in [2.75, 3.05) is 20.2 Å². The third kappa shape index (κ3) is 4.95. The number of nitrogens with zero attached hydrogens (tertiary/aromatic N) is 1. The minimum atomic E-state index is -3.33. The van der Waals surface area contributed by atoms with Crippen LogP contribution in [0, 0.1) is 0 Å². The predicted molar refractivity (Wildman–Crippen MR) is 84.8 cm³/mol. The van der Waals surface area contributed by atoms with Crippen molar-refractivity contribution in [3.63, 3.8) is 0 Å². The van der Waals surface area contributed by atoms with E-state index in [-0.39, 0.29) is 11.9 Å². The van der Waals surface area contributed by atoms with E-state index in [0.717, 1.165) is 37.0 Å². The molecule has 0 saturated carbocycles. The number of likely N-dealkylation sites (N-methyl/N-ethyl adjacent to an activating group) is 1. The van der Waals surface area contributed by atoms with Crippen molar-refractivity contribution in [1.82, 2.24) is 4.31 Å². The fourth-order valence-electron chi connectivity index (χ4n) is 2.48. The number of halogens is 1. The van der Waals surface area contributed by atoms with Crippen molar-refractivity contribution in [3.05, 3.63) is 35.4 Å². The lowest BCUT2D eigenvalue weighted by Gasteiger charge is -2.27. The van der Waals surface area contributed by atoms with Crippen LogP contribution in [0.25, 0.3) is 0 Å². The molecule has 0 aromatic heterocycles. The number of alkyl halides is 1. The normalized spacial score (nSPS) is 19.9. The second-order valence-electron chi connectivity index (χ2n) is 5.48. The summed E-state index contributed by atoms with van der Waals surface area (Å²) in [6, 6.07) is 7.39. The summed E-state index contributed by atoms with van der Waals surface area (Å²) in [6.45, 7) is 1.16. The summed E-state index contributed by atoms with van der Waals surface area (Å²) in [4.78, 5) is 0. The number of sulfonamides is 1. The quantitative estimate of drug-likeness (QED) is 0.753. The average Bonchev–Trinajstić information content (AvgIpc) is 2.48. The molecule has 1 fully saturated rings. The molecular formula is C15H22ClNO3S. The van der Waals surface area contributed by atoms with Crippen LogP contribution in [0.1, 0.15) is 30.4 Å². The van der Waals surface area contributed by atoms with E-state index in [1.807, 2.05) is 24.3 Å². The van der Waals surface area contributed by atoms with E-state index in [1.165, 1.54) is 4.31 Å². The third-order valence-corrected chi connectivity index (χ3v) is 5.81. The monoisotopic (exact) mass is 331 g/mol. The highest BCUT2D eigenvalue weighted by Crippen LogP contribution is 2.17. The van der Waals surface area contributed by atoms with Gasteiger partial charge in [0.05, 0.1) is 11.9 Å². The fourth-order valence-corrected chi connectivity index (χ4v) is 3.86. The minimum absolute atomic E-state index is 0.000941. The van der Waals surface area contributed by atoms with Crippen LogP contribution < -0.4 is 0 Å². The molecule has 1 heterocycles. The van der Waals surface area contributed by atoms with Gasteiger partial charge in [0.15, 0.2) is 0 Å². The number of hydrogen-bond acceptors (Lipinski definition) is 3. The van der Waals surface area contributed by atoms with Crippen molar-refractivity contribution in [2.24, 2.45) is 0 Å². The van der Waals surface area contributed by atoms with Crippen molar-refractivity contribution < 1.29 is 13.2 Å². The molecule has 0 N–H and O–H groups in total. The van der Waals surface area contributed by atoms with Crippen molar-refractivity contribution >= 4 is 21.6 Å². The highest BCUT2D eigenvalue weighted by Gasteiger charge is 2.23. The average molecular weight is 332 g/mol. The molecule has 1 aliphatic heterocycles. The summed E-state index contributed by atoms with van der Waals surface area (Å²) >= 11 is 5.79. The van der Waals surface area contributed by atoms with E-state index in [4.69, 9.17) is 16.3 Å². The van der Waals surface area contributed by atoms with Crippen LogP contribution in [-0.4, -0.2) is 39.0 Å². The Hall–Kier alpha value is -0.620. The zero-order valence-corrected chi connectivity index (χ0v) is 13.9. The first-order chi connectivity index (χ1) is 10.0. The summed E-state index contributed by atoms with van der Waals surface area (Å²) in [6.07, 6.45) is 3.13. The summed E-state index contributed by atoms with van der Waals surface area (Å²) in [5.74, 6) is 0.389. The predicted octanol–water partition coefficient (Wildman–Crippen LogP) is 2.76. The molecule has 6 heteroatoms. The van der Waals surface area contributed by atoms with Gasteiger partial charge in [0.2, 0.25) is 10.0 Å². The molecule has 4 nitrogen and oxygen atoms in total. The van der Waals surface area contributed by atoms with Gasteiger partial charge in [-0.25, -0.2) is 12.7 Å². The molecular weight excluding hydrogens is 310 g/mol. The van der Waals surface area contributed by atoms with Gasteiger partial charge in [-0.05, 0) is 30.4 Å². The highest BCUT2D eigenvalue weighted by atomic mass is 35.5. The largest absolute Gasteiger partial charge is 0.377 e. The smallest absolute Gasteiger partial charge is 0.218 e. The van der Waals surface area contributed by atoms with E-state index in [9.17, 15) is 8.42 Å². The Morgan fingerprint density at radius 1 is 1.33 bits per heavy atom. The Balaban J connectivity index is 1.99. The Bertz CT molecular complexity index is 556. The summed E-state index contributed by atoms with van der Waals surface area (Å²) < 4.78 is 31.8. The molecule has 1 aromatic carbocycles. The summed E-state index contributed by atoms with van der Waals surface area (Å²) in [5.41, 5.74) is 1.70. The number of ether oxygens (including phenoxy) is 1. The van der Waals surface area contributed by atoms with Crippen LogP contribution >= 0.6 is 11.6 Å². The molecule has 1 unspecified atom stereocenters. The molecule has 0 spiro atoms. The minimum Gasteiger partial charge on any atom is -0.377 e. The Morgan fingerprint density at radius 3 is 2.76 bits per heavy atom. The fraction of sp³-hybridized carbons (Fsp3) is 0.600. The van der Waals surface area contributed by atoms with E-state index in [0.29, 0.717) is 12.4 Å². The van der Waals surface area contributed by atoms with E-state index < -0.39 is 10.0 Å². The van der Waals surface area contributed by atoms with Crippen LogP contribution in [0.15, 0.2) is 24.3 Å². The van der Waals surface area contributed by atoms with Gasteiger partial charge in [-0.15, -0.1) is 11.6 Å². The molecule has 1 atom stereocenters. The van der Waals surface area contributed by atoms with Gasteiger partial charge in [0.1, 0.15) is 0 Å². The Labute approximate surface area is 132 Å². The van der Waals surface area contributed by atoms with Crippen LogP contribution in [0.4, 0.5) is 0 Å². The standard InChI is InChI=1S/C15H22ClNO3S/c1-17(11-15-7-2-3-8-20-15)21(18,19)12-14-6-4-5-13(9-14)10-16/h4-6,9,15H,2-3,7-8,10-12H2,1H3. The second-order valence-corrected chi connectivity index (χ2v) is 7.82. The van der Waals surface area contributed by atoms with Gasteiger partial charge in [0, 0.05) is 26.1 Å². The zero-order chi connectivity index (χ0) is 15.3. The second kappa shape index (κ2) is 7.58. The highest BCUT2D eigenvalue weighted by molar-refractivity contribution is 7.88. The van der Waals surface area contributed by atoms with Crippen LogP contribution in [0.5, 0.6) is 0 Å². The lowest BCUT2D eigenvalue weighted by molar-refractivity contribution is 0.00857. The molecule has 1 saturated heterocycles. The number of rotatable bonds is 6. The lowest BCUT2D eigenvalue weighted by atomic mass is 10.1. The van der Waals surface area contributed by atoms with E-state index in [1.54, 1.807) is 7.05 Å². The van der Waals surface area contributed by atoms with Gasteiger partial charge < -0.3 is 4.74 Å². The van der Waals surface area contributed by atoms with E-state index in [2.05, 4.69) is 0 Å². The molecule has 0 aliphatic carbocycles. The first-order valence-electron chi connectivity index (χ1n) is 7.20.